The van der Waals surface area contributed by atoms with Gasteiger partial charge in [0, 0.05) is 15.8 Å². The van der Waals surface area contributed by atoms with Gasteiger partial charge in [0.15, 0.2) is 0 Å². The van der Waals surface area contributed by atoms with E-state index in [4.69, 9.17) is 0 Å². The van der Waals surface area contributed by atoms with Crippen LogP contribution < -0.4 is 10.6 Å². The maximum Gasteiger partial charge on any atom is 0.243 e. The van der Waals surface area contributed by atoms with Crippen LogP contribution in [0.4, 0.5) is 15.8 Å². The van der Waals surface area contributed by atoms with Crippen molar-refractivity contribution in [3.8, 4) is 0 Å². The van der Waals surface area contributed by atoms with Crippen molar-refractivity contribution < 1.29 is 9.18 Å². The fourth-order valence-electron chi connectivity index (χ4n) is 1.71. The third kappa shape index (κ3) is 4.06. The summed E-state index contributed by atoms with van der Waals surface area (Å²) in [6.07, 6.45) is 0. The van der Waals surface area contributed by atoms with Gasteiger partial charge in [-0.05, 0) is 48.9 Å². The lowest BCUT2D eigenvalue weighted by Gasteiger charge is -2.09. The van der Waals surface area contributed by atoms with Crippen molar-refractivity contribution in [2.24, 2.45) is 0 Å². The quantitative estimate of drug-likeness (QED) is 0.887. The molecule has 3 nitrogen and oxygen atoms in total. The Kier molecular flexibility index (Phi) is 4.74. The second-order valence-electron chi connectivity index (χ2n) is 4.38. The molecule has 2 rings (SSSR count). The van der Waals surface area contributed by atoms with Gasteiger partial charge >= 0.3 is 0 Å². The fraction of sp³-hybridized carbons (Fsp3) is 0.133. The van der Waals surface area contributed by atoms with Crippen molar-refractivity contribution in [3.05, 3.63) is 58.3 Å². The average Bonchev–Trinajstić information content (AvgIpc) is 2.41. The summed E-state index contributed by atoms with van der Waals surface area (Å²) in [7, 11) is 0. The monoisotopic (exact) mass is 336 g/mol. The van der Waals surface area contributed by atoms with Crippen LogP contribution in [0, 0.1) is 12.7 Å². The van der Waals surface area contributed by atoms with Crippen LogP contribution >= 0.6 is 15.9 Å². The molecule has 0 spiro atoms. The highest BCUT2D eigenvalue weighted by molar-refractivity contribution is 9.10. The molecular formula is C15H14BrFN2O. The molecule has 0 fully saturated rings. The van der Waals surface area contributed by atoms with Gasteiger partial charge in [0.2, 0.25) is 5.91 Å². The zero-order chi connectivity index (χ0) is 14.5. The Morgan fingerprint density at radius 3 is 2.70 bits per heavy atom. The molecule has 2 aromatic carbocycles. The molecule has 1 amide bonds. The van der Waals surface area contributed by atoms with E-state index in [1.165, 1.54) is 12.1 Å². The molecule has 0 radical (unpaired) electrons. The number of anilines is 2. The lowest BCUT2D eigenvalue weighted by Crippen LogP contribution is -2.21. The van der Waals surface area contributed by atoms with Gasteiger partial charge in [-0.3, -0.25) is 4.79 Å². The molecular weight excluding hydrogens is 323 g/mol. The first-order valence-electron chi connectivity index (χ1n) is 6.10. The maximum absolute atomic E-state index is 13.0. The van der Waals surface area contributed by atoms with Crippen molar-refractivity contribution in [1.29, 1.82) is 0 Å². The van der Waals surface area contributed by atoms with Crippen LogP contribution in [0.5, 0.6) is 0 Å². The number of benzene rings is 2. The molecule has 0 heterocycles. The summed E-state index contributed by atoms with van der Waals surface area (Å²) in [4.78, 5) is 11.8. The Hall–Kier alpha value is -1.88. The van der Waals surface area contributed by atoms with Gasteiger partial charge < -0.3 is 10.6 Å². The van der Waals surface area contributed by atoms with Gasteiger partial charge in [0.05, 0.1) is 6.54 Å². The van der Waals surface area contributed by atoms with Gasteiger partial charge in [0.1, 0.15) is 5.82 Å². The molecule has 0 aromatic heterocycles. The molecule has 2 N–H and O–H groups in total. The van der Waals surface area contributed by atoms with Crippen molar-refractivity contribution in [3.63, 3.8) is 0 Å². The Bertz CT molecular complexity index is 631. The third-order valence-corrected chi connectivity index (χ3v) is 3.61. The molecule has 104 valence electrons. The SMILES string of the molecule is Cc1cc(NC(=O)CNc2cccc(F)c2)ccc1Br. The topological polar surface area (TPSA) is 41.1 Å². The van der Waals surface area contributed by atoms with E-state index in [1.807, 2.05) is 25.1 Å². The Balaban J connectivity index is 1.91. The van der Waals surface area contributed by atoms with Crippen LogP contribution in [0.15, 0.2) is 46.9 Å². The number of aryl methyl sites for hydroxylation is 1. The lowest BCUT2D eigenvalue weighted by atomic mass is 10.2. The normalized spacial score (nSPS) is 10.2. The summed E-state index contributed by atoms with van der Waals surface area (Å²) in [5.41, 5.74) is 2.35. The van der Waals surface area contributed by atoms with Crippen molar-refractivity contribution in [1.82, 2.24) is 0 Å². The predicted molar refractivity (Wildman–Crippen MR) is 82.4 cm³/mol. The Morgan fingerprint density at radius 2 is 2.00 bits per heavy atom. The van der Waals surface area contributed by atoms with Crippen LogP contribution in [-0.2, 0) is 4.79 Å². The van der Waals surface area contributed by atoms with Gasteiger partial charge in [-0.1, -0.05) is 22.0 Å². The Morgan fingerprint density at radius 1 is 1.20 bits per heavy atom. The molecule has 0 unspecified atom stereocenters. The standard InChI is InChI=1S/C15H14BrFN2O/c1-10-7-13(5-6-14(10)16)19-15(20)9-18-12-4-2-3-11(17)8-12/h2-8,18H,9H2,1H3,(H,19,20). The summed E-state index contributed by atoms with van der Waals surface area (Å²) < 4.78 is 14.0. The molecule has 20 heavy (non-hydrogen) atoms. The molecule has 0 bridgehead atoms. The molecule has 2 aromatic rings. The first-order chi connectivity index (χ1) is 9.54. The van der Waals surface area contributed by atoms with Gasteiger partial charge in [-0.15, -0.1) is 0 Å². The van der Waals surface area contributed by atoms with Crippen LogP contribution in [-0.4, -0.2) is 12.5 Å². The van der Waals surface area contributed by atoms with E-state index in [0.29, 0.717) is 5.69 Å². The van der Waals surface area contributed by atoms with E-state index in [0.717, 1.165) is 15.7 Å². The van der Waals surface area contributed by atoms with E-state index in [2.05, 4.69) is 26.6 Å². The minimum Gasteiger partial charge on any atom is -0.376 e. The highest BCUT2D eigenvalue weighted by atomic mass is 79.9. The van der Waals surface area contributed by atoms with Gasteiger partial charge in [-0.2, -0.15) is 0 Å². The summed E-state index contributed by atoms with van der Waals surface area (Å²) in [6.45, 7) is 2.03. The van der Waals surface area contributed by atoms with E-state index in [9.17, 15) is 9.18 Å². The molecule has 0 aliphatic heterocycles. The molecule has 0 aliphatic rings. The number of nitrogens with one attached hydrogen (secondary N) is 2. The van der Waals surface area contributed by atoms with E-state index < -0.39 is 0 Å². The van der Waals surface area contributed by atoms with Gasteiger partial charge in [-0.25, -0.2) is 4.39 Å². The van der Waals surface area contributed by atoms with E-state index in [1.54, 1.807) is 12.1 Å². The van der Waals surface area contributed by atoms with E-state index >= 15 is 0 Å². The number of rotatable bonds is 4. The van der Waals surface area contributed by atoms with Gasteiger partial charge in [0.25, 0.3) is 0 Å². The highest BCUT2D eigenvalue weighted by Crippen LogP contribution is 2.19. The number of hydrogen-bond acceptors (Lipinski definition) is 2. The first kappa shape index (κ1) is 14.5. The minimum absolute atomic E-state index is 0.0819. The van der Waals surface area contributed by atoms with Crippen molar-refractivity contribution in [2.75, 3.05) is 17.2 Å². The first-order valence-corrected chi connectivity index (χ1v) is 6.89. The summed E-state index contributed by atoms with van der Waals surface area (Å²) >= 11 is 3.40. The Labute approximate surface area is 125 Å². The summed E-state index contributed by atoms with van der Waals surface area (Å²) in [5, 5.41) is 5.65. The predicted octanol–water partition coefficient (Wildman–Crippen LogP) is 3.95. The second-order valence-corrected chi connectivity index (χ2v) is 5.23. The molecule has 0 saturated carbocycles. The number of halogens is 2. The maximum atomic E-state index is 13.0. The summed E-state index contributed by atoms with van der Waals surface area (Å²) in [6, 6.07) is 11.6. The average molecular weight is 337 g/mol. The zero-order valence-corrected chi connectivity index (χ0v) is 12.5. The fourth-order valence-corrected chi connectivity index (χ4v) is 1.96. The van der Waals surface area contributed by atoms with Crippen molar-refractivity contribution >= 4 is 33.2 Å². The molecule has 0 aliphatic carbocycles. The molecule has 0 saturated heterocycles. The molecule has 0 atom stereocenters. The smallest absolute Gasteiger partial charge is 0.243 e. The number of carbonyl (C=O) groups excluding carboxylic acids is 1. The van der Waals surface area contributed by atoms with Crippen LogP contribution in [0.3, 0.4) is 0 Å². The number of carbonyl (C=O) groups is 1. The number of hydrogen-bond donors (Lipinski definition) is 2. The lowest BCUT2D eigenvalue weighted by molar-refractivity contribution is -0.114. The van der Waals surface area contributed by atoms with Crippen LogP contribution in [0.2, 0.25) is 0 Å². The second kappa shape index (κ2) is 6.52. The van der Waals surface area contributed by atoms with Crippen LogP contribution in [0.25, 0.3) is 0 Å². The van der Waals surface area contributed by atoms with E-state index in [-0.39, 0.29) is 18.3 Å². The molecule has 5 heteroatoms. The third-order valence-electron chi connectivity index (χ3n) is 2.72. The van der Waals surface area contributed by atoms with Crippen molar-refractivity contribution in [2.45, 2.75) is 6.92 Å². The largest absolute Gasteiger partial charge is 0.376 e. The highest BCUT2D eigenvalue weighted by Gasteiger charge is 2.04. The van der Waals surface area contributed by atoms with Crippen LogP contribution in [0.1, 0.15) is 5.56 Å². The number of amides is 1. The zero-order valence-electron chi connectivity index (χ0n) is 10.9. The minimum atomic E-state index is -0.334. The summed E-state index contributed by atoms with van der Waals surface area (Å²) in [5.74, 6) is -0.519.